The SMILES string of the molecule is Cc1cnc(C(=O)NCc2cc(Br)cs2)cn1. The molecule has 4 nitrogen and oxygen atoms in total. The Morgan fingerprint density at radius 3 is 2.88 bits per heavy atom. The third kappa shape index (κ3) is 3.34. The predicted molar refractivity (Wildman–Crippen MR) is 70.0 cm³/mol. The fraction of sp³-hybridized carbons (Fsp3) is 0.182. The quantitative estimate of drug-likeness (QED) is 0.947. The number of rotatable bonds is 3. The van der Waals surface area contributed by atoms with Gasteiger partial charge in [0, 0.05) is 20.9 Å². The molecule has 2 rings (SSSR count). The van der Waals surface area contributed by atoms with Gasteiger partial charge < -0.3 is 5.32 Å². The van der Waals surface area contributed by atoms with Gasteiger partial charge in [-0.05, 0) is 28.9 Å². The third-order valence-electron chi connectivity index (χ3n) is 2.06. The summed E-state index contributed by atoms with van der Waals surface area (Å²) in [6.45, 7) is 2.34. The normalized spacial score (nSPS) is 10.2. The Balaban J connectivity index is 1.95. The highest BCUT2D eigenvalue weighted by Crippen LogP contribution is 2.19. The van der Waals surface area contributed by atoms with Crippen LogP contribution in [0, 0.1) is 6.92 Å². The molecule has 0 radical (unpaired) electrons. The molecule has 0 fully saturated rings. The monoisotopic (exact) mass is 311 g/mol. The lowest BCUT2D eigenvalue weighted by Gasteiger charge is -2.02. The van der Waals surface area contributed by atoms with Crippen molar-refractivity contribution in [2.75, 3.05) is 0 Å². The maximum absolute atomic E-state index is 11.7. The van der Waals surface area contributed by atoms with Gasteiger partial charge >= 0.3 is 0 Å². The van der Waals surface area contributed by atoms with E-state index in [1.54, 1.807) is 17.5 Å². The van der Waals surface area contributed by atoms with E-state index in [1.807, 2.05) is 18.4 Å². The molecule has 0 saturated carbocycles. The summed E-state index contributed by atoms with van der Waals surface area (Å²) >= 11 is 4.96. The first-order chi connectivity index (χ1) is 8.15. The molecular formula is C11H10BrN3OS. The van der Waals surface area contributed by atoms with Crippen LogP contribution in [0.2, 0.25) is 0 Å². The van der Waals surface area contributed by atoms with Crippen LogP contribution in [-0.2, 0) is 6.54 Å². The lowest BCUT2D eigenvalue weighted by atomic mass is 10.4. The number of carbonyl (C=O) groups excluding carboxylic acids is 1. The molecule has 0 aliphatic heterocycles. The van der Waals surface area contributed by atoms with Crippen LogP contribution >= 0.6 is 27.3 Å². The predicted octanol–water partition coefficient (Wildman–Crippen LogP) is 2.54. The second kappa shape index (κ2) is 5.37. The van der Waals surface area contributed by atoms with Crippen LogP contribution in [-0.4, -0.2) is 15.9 Å². The van der Waals surface area contributed by atoms with Crippen LogP contribution in [0.15, 0.2) is 28.3 Å². The van der Waals surface area contributed by atoms with Crippen LogP contribution < -0.4 is 5.32 Å². The molecule has 2 aromatic heterocycles. The molecule has 0 unspecified atom stereocenters. The molecule has 88 valence electrons. The van der Waals surface area contributed by atoms with Crippen molar-refractivity contribution in [3.8, 4) is 0 Å². The molecule has 2 aromatic rings. The minimum atomic E-state index is -0.206. The number of hydrogen-bond donors (Lipinski definition) is 1. The summed E-state index contributed by atoms with van der Waals surface area (Å²) in [7, 11) is 0. The number of nitrogens with one attached hydrogen (secondary N) is 1. The standard InChI is InChI=1S/C11H10BrN3OS/c1-7-3-14-10(5-13-7)11(16)15-4-9-2-8(12)6-17-9/h2-3,5-6H,4H2,1H3,(H,15,16). The lowest BCUT2D eigenvalue weighted by molar-refractivity contribution is 0.0946. The molecule has 0 saturated heterocycles. The Hall–Kier alpha value is -1.27. The summed E-state index contributed by atoms with van der Waals surface area (Å²) in [6.07, 6.45) is 3.06. The average molecular weight is 312 g/mol. The van der Waals surface area contributed by atoms with Crippen LogP contribution in [0.5, 0.6) is 0 Å². The summed E-state index contributed by atoms with van der Waals surface area (Å²) in [5, 5.41) is 4.78. The van der Waals surface area contributed by atoms with Gasteiger partial charge in [0.05, 0.1) is 18.4 Å². The Morgan fingerprint density at radius 1 is 1.47 bits per heavy atom. The maximum Gasteiger partial charge on any atom is 0.271 e. The highest BCUT2D eigenvalue weighted by molar-refractivity contribution is 9.10. The minimum Gasteiger partial charge on any atom is -0.346 e. The van der Waals surface area contributed by atoms with E-state index in [2.05, 4.69) is 31.2 Å². The van der Waals surface area contributed by atoms with Crippen molar-refractivity contribution >= 4 is 33.2 Å². The zero-order valence-electron chi connectivity index (χ0n) is 9.11. The summed E-state index contributed by atoms with van der Waals surface area (Å²) < 4.78 is 1.03. The smallest absolute Gasteiger partial charge is 0.271 e. The number of nitrogens with zero attached hydrogens (tertiary/aromatic N) is 2. The van der Waals surface area contributed by atoms with Crippen molar-refractivity contribution in [2.24, 2.45) is 0 Å². The van der Waals surface area contributed by atoms with Gasteiger partial charge in [0.2, 0.25) is 0 Å². The van der Waals surface area contributed by atoms with Gasteiger partial charge in [0.25, 0.3) is 5.91 Å². The highest BCUT2D eigenvalue weighted by Gasteiger charge is 2.07. The number of aromatic nitrogens is 2. The van der Waals surface area contributed by atoms with Crippen LogP contribution in [0.3, 0.4) is 0 Å². The van der Waals surface area contributed by atoms with E-state index in [4.69, 9.17) is 0 Å². The lowest BCUT2D eigenvalue weighted by Crippen LogP contribution is -2.23. The largest absolute Gasteiger partial charge is 0.346 e. The Labute approximate surface area is 111 Å². The van der Waals surface area contributed by atoms with Gasteiger partial charge in [-0.25, -0.2) is 4.98 Å². The highest BCUT2D eigenvalue weighted by atomic mass is 79.9. The number of carbonyl (C=O) groups is 1. The van der Waals surface area contributed by atoms with Gasteiger partial charge in [-0.1, -0.05) is 0 Å². The van der Waals surface area contributed by atoms with Gasteiger partial charge in [0.1, 0.15) is 5.69 Å². The molecule has 0 atom stereocenters. The second-order valence-corrected chi connectivity index (χ2v) is 5.37. The number of thiophene rings is 1. The Kier molecular flexibility index (Phi) is 3.86. The second-order valence-electron chi connectivity index (χ2n) is 3.46. The van der Waals surface area contributed by atoms with Crippen molar-refractivity contribution in [3.05, 3.63) is 44.6 Å². The Morgan fingerprint density at radius 2 is 2.29 bits per heavy atom. The maximum atomic E-state index is 11.7. The third-order valence-corrected chi connectivity index (χ3v) is 3.76. The molecule has 0 aliphatic rings. The minimum absolute atomic E-state index is 0.206. The summed E-state index contributed by atoms with van der Waals surface area (Å²) in [6, 6.07) is 1.98. The number of aryl methyl sites for hydroxylation is 1. The van der Waals surface area contributed by atoms with E-state index in [1.165, 1.54) is 6.20 Å². The number of halogens is 1. The summed E-state index contributed by atoms with van der Waals surface area (Å²) in [5.74, 6) is -0.206. The molecule has 6 heteroatoms. The van der Waals surface area contributed by atoms with E-state index in [-0.39, 0.29) is 5.91 Å². The fourth-order valence-electron chi connectivity index (χ4n) is 1.21. The molecule has 1 N–H and O–H groups in total. The van der Waals surface area contributed by atoms with Crippen molar-refractivity contribution in [3.63, 3.8) is 0 Å². The first kappa shape index (κ1) is 12.2. The summed E-state index contributed by atoms with van der Waals surface area (Å²) in [4.78, 5) is 20.8. The molecule has 17 heavy (non-hydrogen) atoms. The molecule has 0 aliphatic carbocycles. The molecule has 0 bridgehead atoms. The zero-order chi connectivity index (χ0) is 12.3. The van der Waals surface area contributed by atoms with Gasteiger partial charge in [-0.3, -0.25) is 9.78 Å². The van der Waals surface area contributed by atoms with E-state index >= 15 is 0 Å². The van der Waals surface area contributed by atoms with Gasteiger partial charge in [0.15, 0.2) is 0 Å². The molecule has 1 amide bonds. The zero-order valence-corrected chi connectivity index (χ0v) is 11.5. The fourth-order valence-corrected chi connectivity index (χ4v) is 2.61. The first-order valence-corrected chi connectivity index (χ1v) is 6.62. The van der Waals surface area contributed by atoms with Gasteiger partial charge in [-0.2, -0.15) is 0 Å². The molecule has 0 aromatic carbocycles. The van der Waals surface area contributed by atoms with Crippen LogP contribution in [0.4, 0.5) is 0 Å². The number of hydrogen-bond acceptors (Lipinski definition) is 4. The van der Waals surface area contributed by atoms with Crippen molar-refractivity contribution < 1.29 is 4.79 Å². The van der Waals surface area contributed by atoms with Crippen molar-refractivity contribution in [1.29, 1.82) is 0 Å². The van der Waals surface area contributed by atoms with E-state index < -0.39 is 0 Å². The van der Waals surface area contributed by atoms with E-state index in [0.717, 1.165) is 15.0 Å². The first-order valence-electron chi connectivity index (χ1n) is 4.95. The van der Waals surface area contributed by atoms with Crippen LogP contribution in [0.25, 0.3) is 0 Å². The molecule has 2 heterocycles. The van der Waals surface area contributed by atoms with Crippen LogP contribution in [0.1, 0.15) is 21.1 Å². The van der Waals surface area contributed by atoms with Gasteiger partial charge in [-0.15, -0.1) is 11.3 Å². The van der Waals surface area contributed by atoms with Crippen molar-refractivity contribution in [2.45, 2.75) is 13.5 Å². The topological polar surface area (TPSA) is 54.9 Å². The van der Waals surface area contributed by atoms with E-state index in [0.29, 0.717) is 12.2 Å². The number of amides is 1. The van der Waals surface area contributed by atoms with E-state index in [9.17, 15) is 4.79 Å². The summed E-state index contributed by atoms with van der Waals surface area (Å²) in [5.41, 5.74) is 1.13. The molecular weight excluding hydrogens is 302 g/mol. The average Bonchev–Trinajstić information content (AvgIpc) is 2.73. The molecule has 0 spiro atoms. The van der Waals surface area contributed by atoms with Crippen molar-refractivity contribution in [1.82, 2.24) is 15.3 Å². The Bertz CT molecular complexity index is 524.